The van der Waals surface area contributed by atoms with Crippen LogP contribution >= 0.6 is 15.9 Å². The number of aromatic nitrogens is 4. The zero-order valence-corrected chi connectivity index (χ0v) is 74.8. The van der Waals surface area contributed by atoms with Crippen LogP contribution in [-0.2, 0) is 37.2 Å². The number of H-pyrrole nitrogens is 2. The fourth-order valence-corrected chi connectivity index (χ4v) is 16.1. The monoisotopic (exact) mass is 1810 g/mol. The third-order valence-electron chi connectivity index (χ3n) is 23.4. The van der Waals surface area contributed by atoms with Gasteiger partial charge in [-0.15, -0.1) is 0 Å². The molecule has 0 bridgehead atoms. The molecule has 2 aromatic heterocycles. The number of carbonyl (C=O) groups is 3. The van der Waals surface area contributed by atoms with Crippen molar-refractivity contribution in [2.75, 3.05) is 95.9 Å². The Morgan fingerprint density at radius 3 is 1.26 bits per heavy atom. The smallest absolute Gasteiger partial charge is 0.491 e. The van der Waals surface area contributed by atoms with Gasteiger partial charge >= 0.3 is 32.3 Å². The summed E-state index contributed by atoms with van der Waals surface area (Å²) < 4.78 is 66.1. The minimum absolute atomic E-state index is 0. The summed E-state index contributed by atoms with van der Waals surface area (Å²) >= 11 is 3.49. The number of carbonyl (C=O) groups excluding carboxylic acids is 3. The molecule has 23 nitrogen and oxygen atoms in total. The predicted molar refractivity (Wildman–Crippen MR) is 515 cm³/mol. The second kappa shape index (κ2) is 42.1. The van der Waals surface area contributed by atoms with E-state index >= 15 is 0 Å². The Bertz CT molecular complexity index is 5990. The molecule has 4 aliphatic rings. The second-order valence-corrected chi connectivity index (χ2v) is 34.2. The first-order chi connectivity index (χ1) is 58.5. The Morgan fingerprint density at radius 2 is 0.817 bits per heavy atom. The van der Waals surface area contributed by atoms with Crippen molar-refractivity contribution in [1.82, 2.24) is 30.2 Å². The average Bonchev–Trinajstić information content (AvgIpc) is 1.69. The molecular formula is C96H115B3BrF2N14O9V. The van der Waals surface area contributed by atoms with E-state index in [0.717, 1.165) is 146 Å². The number of anilines is 8. The molecule has 4 aliphatic heterocycles. The number of aromatic amines is 2. The minimum Gasteiger partial charge on any atom is -0.491 e. The van der Waals surface area contributed by atoms with E-state index in [1.807, 2.05) is 234 Å². The van der Waals surface area contributed by atoms with E-state index in [2.05, 4.69) is 78.0 Å². The van der Waals surface area contributed by atoms with Crippen molar-refractivity contribution in [3.8, 4) is 22.6 Å². The number of nitrogen functional groups attached to an aromatic ring is 2. The van der Waals surface area contributed by atoms with Gasteiger partial charge in [-0.3, -0.25) is 10.2 Å². The van der Waals surface area contributed by atoms with Gasteiger partial charge in [0, 0.05) is 67.8 Å². The molecule has 4 fully saturated rings. The topological polar surface area (TPSA) is 295 Å². The summed E-state index contributed by atoms with van der Waals surface area (Å²) in [5.74, 6) is 1.44. The van der Waals surface area contributed by atoms with Crippen LogP contribution in [0.15, 0.2) is 199 Å². The van der Waals surface area contributed by atoms with Crippen molar-refractivity contribution in [1.29, 1.82) is 0 Å². The SMILES string of the molecule is C.C.Cc1ccc(F)c(NC(=O)Nc2ccc(-c3ccc(OCCCN4CCCC4)c4[nH]nc(N)c34)c3ccccc23)c1.Cc1ccc(F)c(NC(=O)Nc2ccc(B3OC(C)(C)C(C)(C)O3)c3ccccc23)c1.Cc1cccc(NC(=O)Nc2ccc(B3OC(C)(C)C(C)(C)O3)c3ccccc23)c1.Nc1n[nH]c2c(OCCCN3CCCC3)ccc(Br)c12.[2HH].[B].[V]. The molecule has 17 rings (SSSR count). The van der Waals surface area contributed by atoms with Crippen LogP contribution in [0.5, 0.6) is 11.5 Å². The Balaban J connectivity index is 0.000000194. The maximum absolute atomic E-state index is 14.2. The number of benzene rings is 11. The molecule has 0 saturated carbocycles. The normalized spacial score (nSPS) is 15.3. The number of ether oxygens (including phenoxy) is 2. The van der Waals surface area contributed by atoms with Gasteiger partial charge in [-0.05, 0) is 291 Å². The number of likely N-dealkylation sites (tertiary alicyclic amines) is 2. The van der Waals surface area contributed by atoms with E-state index in [1.54, 1.807) is 24.3 Å². The van der Waals surface area contributed by atoms with Crippen LogP contribution in [0.2, 0.25) is 0 Å². The number of urea groups is 3. The molecule has 658 valence electrons. The Morgan fingerprint density at radius 1 is 0.452 bits per heavy atom. The molecule has 0 aliphatic carbocycles. The Labute approximate surface area is 761 Å². The number of halogens is 3. The molecule has 0 spiro atoms. The number of nitrogens with two attached hydrogens (primary N) is 2. The zero-order chi connectivity index (χ0) is 86.2. The first-order valence-electron chi connectivity index (χ1n) is 41.5. The van der Waals surface area contributed by atoms with Gasteiger partial charge < -0.3 is 81.3 Å². The van der Waals surface area contributed by atoms with Crippen LogP contribution in [0.1, 0.15) is 127 Å². The van der Waals surface area contributed by atoms with Crippen LogP contribution in [0.3, 0.4) is 0 Å². The molecular weight excluding hydrogens is 1690 g/mol. The van der Waals surface area contributed by atoms with Crippen LogP contribution in [0, 0.1) is 32.4 Å². The van der Waals surface area contributed by atoms with E-state index in [1.165, 1.54) is 64.0 Å². The second-order valence-electron chi connectivity index (χ2n) is 33.3. The van der Waals surface area contributed by atoms with Crippen molar-refractivity contribution in [2.24, 2.45) is 0 Å². The molecule has 4 radical (unpaired) electrons. The van der Waals surface area contributed by atoms with Crippen LogP contribution in [0.25, 0.3) is 65.3 Å². The number of fused-ring (bicyclic) bond motifs is 5. The van der Waals surface area contributed by atoms with E-state index in [-0.39, 0.29) is 60.7 Å². The summed E-state index contributed by atoms with van der Waals surface area (Å²) in [5, 5.41) is 38.2. The van der Waals surface area contributed by atoms with Gasteiger partial charge in [0.15, 0.2) is 11.6 Å². The first kappa shape index (κ1) is 97.2. The fourth-order valence-electron chi connectivity index (χ4n) is 15.5. The molecule has 11 aromatic carbocycles. The van der Waals surface area contributed by atoms with E-state index in [4.69, 9.17) is 39.6 Å². The number of nitrogens with one attached hydrogen (secondary N) is 8. The molecule has 6 amide bonds. The van der Waals surface area contributed by atoms with Gasteiger partial charge in [-0.2, -0.15) is 10.2 Å². The molecule has 0 atom stereocenters. The van der Waals surface area contributed by atoms with Gasteiger partial charge in [0.05, 0.1) is 74.8 Å². The minimum atomic E-state index is -0.528. The van der Waals surface area contributed by atoms with E-state index < -0.39 is 60.3 Å². The number of hydrogen-bond acceptors (Lipinski definition) is 15. The summed E-state index contributed by atoms with van der Waals surface area (Å²) in [6, 6.07) is 58.3. The molecule has 126 heavy (non-hydrogen) atoms. The molecule has 6 heterocycles. The van der Waals surface area contributed by atoms with Gasteiger partial charge in [0.2, 0.25) is 0 Å². The predicted octanol–water partition coefficient (Wildman–Crippen LogP) is 21.2. The quantitative estimate of drug-likeness (QED) is 0.0266. The number of rotatable bonds is 19. The number of nitrogens with zero attached hydrogens (tertiary/aromatic N) is 4. The summed E-state index contributed by atoms with van der Waals surface area (Å²) in [5.41, 5.74) is 21.5. The zero-order valence-electron chi connectivity index (χ0n) is 71.8. The van der Waals surface area contributed by atoms with Crippen LogP contribution in [0.4, 0.5) is 68.9 Å². The number of aryl methyl sites for hydroxylation is 3. The molecule has 0 unspecified atom stereocenters. The van der Waals surface area contributed by atoms with Gasteiger partial charge in [0.25, 0.3) is 0 Å². The van der Waals surface area contributed by atoms with Crippen LogP contribution in [-0.4, -0.2) is 146 Å². The molecule has 13 aromatic rings. The first-order valence-corrected chi connectivity index (χ1v) is 42.2. The van der Waals surface area contributed by atoms with Gasteiger partial charge in [-0.25, -0.2) is 23.2 Å². The van der Waals surface area contributed by atoms with Gasteiger partial charge in [0.1, 0.15) is 34.2 Å². The maximum atomic E-state index is 14.2. The number of amides is 6. The summed E-state index contributed by atoms with van der Waals surface area (Å²) in [4.78, 5) is 42.9. The largest absolute Gasteiger partial charge is 0.495 e. The van der Waals surface area contributed by atoms with Crippen LogP contribution < -0.4 is 63.8 Å². The van der Waals surface area contributed by atoms with Crippen molar-refractivity contribution >= 4 is 167 Å². The molecule has 12 N–H and O–H groups in total. The third kappa shape index (κ3) is 22.5. The number of hydrogen-bond donors (Lipinski definition) is 10. The van der Waals surface area contributed by atoms with Crippen molar-refractivity contribution in [3.63, 3.8) is 0 Å². The van der Waals surface area contributed by atoms with E-state index in [9.17, 15) is 23.2 Å². The third-order valence-corrected chi connectivity index (χ3v) is 24.1. The molecule has 30 heteroatoms. The Hall–Kier alpha value is -11.0. The molecule has 4 saturated heterocycles. The average molecular weight is 1810 g/mol. The summed E-state index contributed by atoms with van der Waals surface area (Å²) in [7, 11) is -0.978. The maximum Gasteiger partial charge on any atom is 0.495 e. The van der Waals surface area contributed by atoms with Crippen molar-refractivity contribution in [2.45, 2.75) is 152 Å². The van der Waals surface area contributed by atoms with Crippen molar-refractivity contribution in [3.05, 3.63) is 227 Å². The fraction of sp³-hybridized carbons (Fsp3) is 0.323. The standard InChI is InChI=1S/C32H33FN6O2.C24H26BFN2O3.C24H27BN2O3.C14H19BrN4O.2CH4.B.V.H2/c1-20-9-12-25(33)27(19-20)36-32(40)35-26-13-10-22(21-7-2-3-8-23(21)26)24-11-14-28(30-29(24)31(34)38-37-30)41-18-6-17-39-15-4-5-16-39;1-15-10-12-19(26)21(14-15)28-22(29)27-20-13-11-18(16-8-6-7-9-17(16)20)25-30-23(2,3)24(4,5)31-25;1-16-9-8-10-17(15-16)26-22(28)27-21-14-13-20(18-11-6-7-12-19(18)21)25-29-23(2,3)24(4,5)30-25;15-10-4-5-11(13-12(10)14(16)18-17-13)20-9-3-8-19-6-1-2-7-19;;;;;/h2-3,7-14,19H,4-6,15-18H2,1H3,(H3,34,37,38)(H2,35,36,40);6-14H,1-5H3,(H2,27,28,29);6-15H,1-5H3,(H2,26,27,28);4-5H,1-3,6-9H2,(H3,16,17,18);2*1H4;;;1H/i;;;;;;;;1+1. The van der Waals surface area contributed by atoms with Gasteiger partial charge in [-0.1, -0.05) is 130 Å². The summed E-state index contributed by atoms with van der Waals surface area (Å²) in [6.45, 7) is 30.2. The van der Waals surface area contributed by atoms with Crippen molar-refractivity contribution < 1.29 is 71.2 Å². The summed E-state index contributed by atoms with van der Waals surface area (Å²) in [6.07, 6.45) is 7.23. The Kier molecular flexibility index (Phi) is 32.5. The van der Waals surface area contributed by atoms with E-state index in [0.29, 0.717) is 36.2 Å².